The van der Waals surface area contributed by atoms with Crippen LogP contribution in [-0.4, -0.2) is 51.3 Å². The number of benzene rings is 1. The predicted molar refractivity (Wildman–Crippen MR) is 89.1 cm³/mol. The first kappa shape index (κ1) is 17.9. The topological polar surface area (TPSA) is 69.3 Å². The molecule has 1 rings (SSSR count). The maximum Gasteiger partial charge on any atom is 0.191 e. The number of aliphatic imine (C=N–C) groups is 1. The predicted octanol–water partition coefficient (Wildman–Crippen LogP) is 2.13. The molecule has 0 aliphatic rings. The minimum absolute atomic E-state index is 0.561. The average molecular weight is 309 g/mol. The summed E-state index contributed by atoms with van der Waals surface area (Å²) < 4.78 is 16.1. The highest BCUT2D eigenvalue weighted by Gasteiger charge is 2.03. The van der Waals surface area contributed by atoms with E-state index in [4.69, 9.17) is 19.9 Å². The van der Waals surface area contributed by atoms with Gasteiger partial charge in [-0.15, -0.1) is 0 Å². The molecule has 0 bridgehead atoms. The van der Waals surface area contributed by atoms with Crippen LogP contribution in [0.1, 0.15) is 20.3 Å². The number of nitrogens with zero attached hydrogens (tertiary/aromatic N) is 2. The van der Waals surface area contributed by atoms with Crippen molar-refractivity contribution >= 4 is 5.96 Å². The lowest BCUT2D eigenvalue weighted by molar-refractivity contribution is 0.307. The summed E-state index contributed by atoms with van der Waals surface area (Å²) in [6.45, 7) is 7.06. The molecule has 0 heterocycles. The van der Waals surface area contributed by atoms with E-state index >= 15 is 0 Å². The van der Waals surface area contributed by atoms with Gasteiger partial charge in [0, 0.05) is 44.3 Å². The van der Waals surface area contributed by atoms with Crippen LogP contribution in [0.3, 0.4) is 0 Å². The fourth-order valence-electron chi connectivity index (χ4n) is 1.96. The van der Waals surface area contributed by atoms with Gasteiger partial charge in [-0.2, -0.15) is 0 Å². The van der Waals surface area contributed by atoms with Gasteiger partial charge in [0.05, 0.1) is 20.8 Å². The van der Waals surface area contributed by atoms with Crippen LogP contribution in [0.2, 0.25) is 0 Å². The summed E-state index contributed by atoms with van der Waals surface area (Å²) in [6.07, 6.45) is 0.793. The molecule has 0 fully saturated rings. The highest BCUT2D eigenvalue weighted by molar-refractivity contribution is 5.77. The summed E-state index contributed by atoms with van der Waals surface area (Å²) in [4.78, 5) is 6.38. The standard InChI is InChI=1S/C16H27N3O3/c1-5-19(6-2)16(17)18-8-7-9-22-15-11-13(20-3)10-14(12-15)21-4/h10-12H,5-9H2,1-4H3,(H2,17,18). The second-order valence-corrected chi connectivity index (χ2v) is 4.66. The zero-order chi connectivity index (χ0) is 16.4. The quantitative estimate of drug-likeness (QED) is 0.430. The Hall–Kier alpha value is -2.11. The maximum atomic E-state index is 5.91. The SMILES string of the molecule is CCN(CC)C(N)=NCCCOc1cc(OC)cc(OC)c1. The molecule has 0 saturated carbocycles. The van der Waals surface area contributed by atoms with E-state index in [1.165, 1.54) is 0 Å². The molecule has 0 spiro atoms. The lowest BCUT2D eigenvalue weighted by atomic mass is 10.3. The van der Waals surface area contributed by atoms with E-state index in [-0.39, 0.29) is 0 Å². The van der Waals surface area contributed by atoms with Crippen LogP contribution in [0.15, 0.2) is 23.2 Å². The molecule has 0 atom stereocenters. The van der Waals surface area contributed by atoms with Crippen molar-refractivity contribution in [2.75, 3.05) is 40.5 Å². The van der Waals surface area contributed by atoms with E-state index in [0.717, 1.165) is 25.3 Å². The molecule has 6 heteroatoms. The van der Waals surface area contributed by atoms with Crippen molar-refractivity contribution in [2.24, 2.45) is 10.7 Å². The third kappa shape index (κ3) is 5.71. The summed E-state index contributed by atoms with van der Waals surface area (Å²) in [5, 5.41) is 0. The molecule has 1 aromatic carbocycles. The third-order valence-electron chi connectivity index (χ3n) is 3.26. The van der Waals surface area contributed by atoms with Gasteiger partial charge >= 0.3 is 0 Å². The lowest BCUT2D eigenvalue weighted by Gasteiger charge is -2.19. The summed E-state index contributed by atoms with van der Waals surface area (Å²) in [5.74, 6) is 2.72. The maximum absolute atomic E-state index is 5.91. The zero-order valence-corrected chi connectivity index (χ0v) is 14.0. The van der Waals surface area contributed by atoms with Crippen LogP contribution in [0.25, 0.3) is 0 Å². The molecule has 0 aliphatic heterocycles. The van der Waals surface area contributed by atoms with Gasteiger partial charge in [-0.05, 0) is 13.8 Å². The van der Waals surface area contributed by atoms with Crippen LogP contribution in [0.5, 0.6) is 17.2 Å². The molecule has 2 N–H and O–H groups in total. The first-order chi connectivity index (χ1) is 10.6. The van der Waals surface area contributed by atoms with Crippen LogP contribution in [-0.2, 0) is 0 Å². The minimum Gasteiger partial charge on any atom is -0.496 e. The van der Waals surface area contributed by atoms with Gasteiger partial charge in [0.2, 0.25) is 0 Å². The van der Waals surface area contributed by atoms with E-state index < -0.39 is 0 Å². The highest BCUT2D eigenvalue weighted by Crippen LogP contribution is 2.27. The van der Waals surface area contributed by atoms with E-state index in [1.807, 2.05) is 23.1 Å². The van der Waals surface area contributed by atoms with Gasteiger partial charge in [0.25, 0.3) is 0 Å². The summed E-state index contributed by atoms with van der Waals surface area (Å²) >= 11 is 0. The largest absolute Gasteiger partial charge is 0.496 e. The normalized spacial score (nSPS) is 11.2. The smallest absolute Gasteiger partial charge is 0.191 e. The van der Waals surface area contributed by atoms with Gasteiger partial charge in [-0.25, -0.2) is 0 Å². The molecule has 0 aliphatic carbocycles. The van der Waals surface area contributed by atoms with Crippen LogP contribution in [0.4, 0.5) is 0 Å². The molecule has 0 unspecified atom stereocenters. The van der Waals surface area contributed by atoms with Gasteiger partial charge in [0.1, 0.15) is 17.2 Å². The van der Waals surface area contributed by atoms with Crippen LogP contribution >= 0.6 is 0 Å². The van der Waals surface area contributed by atoms with Crippen molar-refractivity contribution in [3.05, 3.63) is 18.2 Å². The molecule has 6 nitrogen and oxygen atoms in total. The Morgan fingerprint density at radius 2 is 1.59 bits per heavy atom. The van der Waals surface area contributed by atoms with Gasteiger partial charge in [-0.1, -0.05) is 0 Å². The summed E-state index contributed by atoms with van der Waals surface area (Å²) in [7, 11) is 3.23. The van der Waals surface area contributed by atoms with Crippen LogP contribution < -0.4 is 19.9 Å². The minimum atomic E-state index is 0.561. The number of methoxy groups -OCH3 is 2. The molecule has 0 aromatic heterocycles. The Bertz CT molecular complexity index is 451. The number of ether oxygens (including phenoxy) is 3. The fraction of sp³-hybridized carbons (Fsp3) is 0.562. The fourth-order valence-corrected chi connectivity index (χ4v) is 1.96. The highest BCUT2D eigenvalue weighted by atomic mass is 16.5. The van der Waals surface area contributed by atoms with E-state index in [1.54, 1.807) is 14.2 Å². The Kier molecular flexibility index (Phi) is 7.96. The number of hydrogen-bond acceptors (Lipinski definition) is 4. The molecular formula is C16H27N3O3. The Balaban J connectivity index is 2.43. The number of guanidine groups is 1. The van der Waals surface area contributed by atoms with E-state index in [2.05, 4.69) is 18.8 Å². The van der Waals surface area contributed by atoms with Crippen molar-refractivity contribution in [1.29, 1.82) is 0 Å². The first-order valence-corrected chi connectivity index (χ1v) is 7.55. The average Bonchev–Trinajstić information content (AvgIpc) is 2.55. The van der Waals surface area contributed by atoms with E-state index in [0.29, 0.717) is 30.6 Å². The van der Waals surface area contributed by atoms with Gasteiger partial charge in [-0.3, -0.25) is 4.99 Å². The second-order valence-electron chi connectivity index (χ2n) is 4.66. The lowest BCUT2D eigenvalue weighted by Crippen LogP contribution is -2.37. The molecule has 0 amide bonds. The Morgan fingerprint density at radius 1 is 1.05 bits per heavy atom. The first-order valence-electron chi connectivity index (χ1n) is 7.55. The Morgan fingerprint density at radius 3 is 2.09 bits per heavy atom. The van der Waals surface area contributed by atoms with Gasteiger partial charge < -0.3 is 24.8 Å². The van der Waals surface area contributed by atoms with Crippen LogP contribution in [0, 0.1) is 0 Å². The van der Waals surface area contributed by atoms with Crippen molar-refractivity contribution in [1.82, 2.24) is 4.90 Å². The number of hydrogen-bond donors (Lipinski definition) is 1. The molecule has 0 radical (unpaired) electrons. The third-order valence-corrected chi connectivity index (χ3v) is 3.26. The van der Waals surface area contributed by atoms with Crippen molar-refractivity contribution in [3.8, 4) is 17.2 Å². The molecule has 0 saturated heterocycles. The molecule has 124 valence electrons. The summed E-state index contributed by atoms with van der Waals surface area (Å²) in [5.41, 5.74) is 5.91. The molecular weight excluding hydrogens is 282 g/mol. The number of rotatable bonds is 9. The van der Waals surface area contributed by atoms with E-state index in [9.17, 15) is 0 Å². The monoisotopic (exact) mass is 309 g/mol. The molecule has 1 aromatic rings. The van der Waals surface area contributed by atoms with Crippen molar-refractivity contribution in [3.63, 3.8) is 0 Å². The molecule has 22 heavy (non-hydrogen) atoms. The second kappa shape index (κ2) is 9.76. The zero-order valence-electron chi connectivity index (χ0n) is 14.0. The Labute approximate surface area is 132 Å². The summed E-state index contributed by atoms with van der Waals surface area (Å²) in [6, 6.07) is 5.47. The van der Waals surface area contributed by atoms with Gasteiger partial charge in [0.15, 0.2) is 5.96 Å². The number of nitrogens with two attached hydrogens (primary N) is 1. The van der Waals surface area contributed by atoms with Crippen molar-refractivity contribution in [2.45, 2.75) is 20.3 Å². The van der Waals surface area contributed by atoms with Crippen molar-refractivity contribution < 1.29 is 14.2 Å².